The van der Waals surface area contributed by atoms with Crippen LogP contribution in [0.5, 0.6) is 0 Å². The summed E-state index contributed by atoms with van der Waals surface area (Å²) in [5, 5.41) is 22.3. The van der Waals surface area contributed by atoms with Crippen LogP contribution in [-0.2, 0) is 4.79 Å². The molecule has 0 fully saturated rings. The molecule has 0 saturated carbocycles. The molecule has 114 valence electrons. The second-order valence-electron chi connectivity index (χ2n) is 5.47. The predicted octanol–water partition coefficient (Wildman–Crippen LogP) is 1.88. The first-order valence-electron chi connectivity index (χ1n) is 7.12. The molecule has 0 aliphatic carbocycles. The van der Waals surface area contributed by atoms with Crippen molar-refractivity contribution in [3.8, 4) is 11.8 Å². The van der Waals surface area contributed by atoms with Crippen molar-refractivity contribution in [1.29, 1.82) is 0 Å². The smallest absolute Gasteiger partial charge is 0.320 e. The van der Waals surface area contributed by atoms with Gasteiger partial charge in [-0.2, -0.15) is 0 Å². The molecule has 0 spiro atoms. The highest BCUT2D eigenvalue weighted by atomic mass is 16.4. The number of aliphatic hydroxyl groups is 1. The number of carbonyl (C=O) groups is 1. The van der Waals surface area contributed by atoms with Crippen molar-refractivity contribution in [2.45, 2.75) is 38.8 Å². The second-order valence-corrected chi connectivity index (χ2v) is 5.47. The first-order chi connectivity index (χ1) is 9.85. The third kappa shape index (κ3) is 5.99. The lowest BCUT2D eigenvalue weighted by atomic mass is 9.98. The molecule has 21 heavy (non-hydrogen) atoms. The van der Waals surface area contributed by atoms with E-state index in [2.05, 4.69) is 17.2 Å². The van der Waals surface area contributed by atoms with E-state index in [0.717, 1.165) is 12.0 Å². The number of hydrogen-bond donors (Lipinski definition) is 3. The maximum Gasteiger partial charge on any atom is 0.320 e. The summed E-state index contributed by atoms with van der Waals surface area (Å²) in [6, 6.07) is 8.68. The molecule has 0 bridgehead atoms. The van der Waals surface area contributed by atoms with Gasteiger partial charge < -0.3 is 15.5 Å². The Labute approximate surface area is 126 Å². The number of carboxylic acid groups (broad SMARTS) is 1. The van der Waals surface area contributed by atoms with Crippen molar-refractivity contribution in [3.63, 3.8) is 0 Å². The van der Waals surface area contributed by atoms with E-state index in [-0.39, 0.29) is 12.5 Å². The van der Waals surface area contributed by atoms with Crippen molar-refractivity contribution in [2.24, 2.45) is 5.92 Å². The third-order valence-corrected chi connectivity index (χ3v) is 3.40. The van der Waals surface area contributed by atoms with Gasteiger partial charge in [0.15, 0.2) is 0 Å². The van der Waals surface area contributed by atoms with Crippen molar-refractivity contribution >= 4 is 5.97 Å². The Morgan fingerprint density at radius 3 is 2.52 bits per heavy atom. The second kappa shape index (κ2) is 7.82. The van der Waals surface area contributed by atoms with Crippen LogP contribution in [0.1, 0.15) is 32.8 Å². The highest BCUT2D eigenvalue weighted by molar-refractivity contribution is 5.73. The van der Waals surface area contributed by atoms with E-state index in [4.69, 9.17) is 0 Å². The van der Waals surface area contributed by atoms with Gasteiger partial charge in [0.05, 0.1) is 0 Å². The normalized spacial score (nSPS) is 16.2. The van der Waals surface area contributed by atoms with Gasteiger partial charge in [0.2, 0.25) is 0 Å². The van der Waals surface area contributed by atoms with Gasteiger partial charge in [-0.15, -0.1) is 0 Å². The molecule has 0 aromatic heterocycles. The van der Waals surface area contributed by atoms with E-state index in [1.807, 2.05) is 44.2 Å². The standard InChI is InChI=1S/C17H23NO3/c1-4-13(2)15(16(19)20)18-12-17(3,21)11-10-14-8-6-5-7-9-14/h5-9,13,15,18,21H,4,12H2,1-3H3,(H,19,20)/t13-,15-,17-/m0/s1. The lowest BCUT2D eigenvalue weighted by Crippen LogP contribution is -2.48. The van der Waals surface area contributed by atoms with Crippen LogP contribution >= 0.6 is 0 Å². The minimum atomic E-state index is -1.28. The Hall–Kier alpha value is -1.83. The Bertz CT molecular complexity index is 514. The monoisotopic (exact) mass is 289 g/mol. The fourth-order valence-electron chi connectivity index (χ4n) is 1.85. The van der Waals surface area contributed by atoms with E-state index in [1.165, 1.54) is 0 Å². The number of rotatable bonds is 6. The van der Waals surface area contributed by atoms with Gasteiger partial charge in [0.25, 0.3) is 0 Å². The number of hydrogen-bond acceptors (Lipinski definition) is 3. The molecule has 1 rings (SSSR count). The minimum absolute atomic E-state index is 0.0135. The highest BCUT2D eigenvalue weighted by Gasteiger charge is 2.26. The molecule has 1 aromatic rings. The lowest BCUT2D eigenvalue weighted by molar-refractivity contribution is -0.141. The Morgan fingerprint density at radius 2 is 2.00 bits per heavy atom. The maximum atomic E-state index is 11.2. The van der Waals surface area contributed by atoms with Crippen LogP contribution in [-0.4, -0.2) is 34.4 Å². The van der Waals surface area contributed by atoms with E-state index < -0.39 is 17.6 Å². The summed E-state index contributed by atoms with van der Waals surface area (Å²) in [6.45, 7) is 5.49. The van der Waals surface area contributed by atoms with Gasteiger partial charge in [-0.3, -0.25) is 4.79 Å². The fraction of sp³-hybridized carbons (Fsp3) is 0.471. The molecule has 0 radical (unpaired) electrons. The molecule has 0 aliphatic rings. The first-order valence-corrected chi connectivity index (χ1v) is 7.12. The minimum Gasteiger partial charge on any atom is -0.480 e. The Balaban J connectivity index is 2.68. The lowest BCUT2D eigenvalue weighted by Gasteiger charge is -2.24. The van der Waals surface area contributed by atoms with Gasteiger partial charge >= 0.3 is 5.97 Å². The number of benzene rings is 1. The topological polar surface area (TPSA) is 69.6 Å². The quantitative estimate of drug-likeness (QED) is 0.699. The summed E-state index contributed by atoms with van der Waals surface area (Å²) >= 11 is 0. The van der Waals surface area contributed by atoms with Gasteiger partial charge in [0, 0.05) is 12.1 Å². The molecule has 3 atom stereocenters. The zero-order valence-corrected chi connectivity index (χ0v) is 12.8. The SMILES string of the molecule is CC[C@H](C)[C@H](NC[C@@](C)(O)C#Cc1ccccc1)C(=O)O. The molecule has 4 heteroatoms. The van der Waals surface area contributed by atoms with Crippen LogP contribution in [0.3, 0.4) is 0 Å². The van der Waals surface area contributed by atoms with Crippen molar-refractivity contribution < 1.29 is 15.0 Å². The van der Waals surface area contributed by atoms with Crippen LogP contribution < -0.4 is 5.32 Å². The van der Waals surface area contributed by atoms with Crippen molar-refractivity contribution in [3.05, 3.63) is 35.9 Å². The number of nitrogens with one attached hydrogen (secondary N) is 1. The molecule has 0 aliphatic heterocycles. The Morgan fingerprint density at radius 1 is 1.38 bits per heavy atom. The van der Waals surface area contributed by atoms with Crippen molar-refractivity contribution in [2.75, 3.05) is 6.54 Å². The number of carboxylic acids is 1. The van der Waals surface area contributed by atoms with Gasteiger partial charge in [-0.25, -0.2) is 0 Å². The highest BCUT2D eigenvalue weighted by Crippen LogP contribution is 2.09. The third-order valence-electron chi connectivity index (χ3n) is 3.40. The van der Waals surface area contributed by atoms with Gasteiger partial charge in [-0.05, 0) is 25.0 Å². The maximum absolute atomic E-state index is 11.2. The summed E-state index contributed by atoms with van der Waals surface area (Å²) in [6.07, 6.45) is 0.752. The predicted molar refractivity (Wildman–Crippen MR) is 82.8 cm³/mol. The average Bonchev–Trinajstić information content (AvgIpc) is 2.45. The molecular formula is C17H23NO3. The molecule has 3 N–H and O–H groups in total. The van der Waals surface area contributed by atoms with E-state index in [9.17, 15) is 15.0 Å². The average molecular weight is 289 g/mol. The summed E-state index contributed by atoms with van der Waals surface area (Å²) in [5.41, 5.74) is -0.466. The molecule has 0 unspecified atom stereocenters. The molecule has 1 aromatic carbocycles. The fourth-order valence-corrected chi connectivity index (χ4v) is 1.85. The summed E-state index contributed by atoms with van der Waals surface area (Å²) in [5.74, 6) is 4.75. The van der Waals surface area contributed by atoms with E-state index >= 15 is 0 Å². The van der Waals surface area contributed by atoms with Crippen molar-refractivity contribution in [1.82, 2.24) is 5.32 Å². The first kappa shape index (κ1) is 17.2. The van der Waals surface area contributed by atoms with E-state index in [1.54, 1.807) is 6.92 Å². The van der Waals surface area contributed by atoms with Gasteiger partial charge in [-0.1, -0.05) is 50.3 Å². The zero-order chi connectivity index (χ0) is 15.9. The van der Waals surface area contributed by atoms with Crippen LogP contribution in [0.4, 0.5) is 0 Å². The van der Waals surface area contributed by atoms with Gasteiger partial charge in [0.1, 0.15) is 11.6 Å². The zero-order valence-electron chi connectivity index (χ0n) is 12.8. The molecular weight excluding hydrogens is 266 g/mol. The molecule has 0 saturated heterocycles. The van der Waals surface area contributed by atoms with Crippen LogP contribution in [0, 0.1) is 17.8 Å². The van der Waals surface area contributed by atoms with Crippen LogP contribution in [0.15, 0.2) is 30.3 Å². The van der Waals surface area contributed by atoms with E-state index in [0.29, 0.717) is 0 Å². The summed E-state index contributed by atoms with van der Waals surface area (Å²) in [4.78, 5) is 11.2. The largest absolute Gasteiger partial charge is 0.480 e. The molecule has 0 heterocycles. The van der Waals surface area contributed by atoms with Crippen LogP contribution in [0.2, 0.25) is 0 Å². The Kier molecular flexibility index (Phi) is 6.41. The molecule has 4 nitrogen and oxygen atoms in total. The molecule has 0 amide bonds. The number of aliphatic carboxylic acids is 1. The van der Waals surface area contributed by atoms with Crippen LogP contribution in [0.25, 0.3) is 0 Å². The summed E-state index contributed by atoms with van der Waals surface area (Å²) < 4.78 is 0. The summed E-state index contributed by atoms with van der Waals surface area (Å²) in [7, 11) is 0.